The average Bonchev–Trinajstić information content (AvgIpc) is 2.27. The van der Waals surface area contributed by atoms with Crippen LogP contribution < -0.4 is 0 Å². The molecule has 1 unspecified atom stereocenters. The highest BCUT2D eigenvalue weighted by Gasteiger charge is 2.42. The Morgan fingerprint density at radius 3 is 2.59 bits per heavy atom. The van der Waals surface area contributed by atoms with Gasteiger partial charge in [0.05, 0.1) is 7.11 Å². The topological polar surface area (TPSA) is 76.5 Å². The number of rotatable bonds is 4. The molecule has 1 rings (SSSR count). The van der Waals surface area contributed by atoms with Crippen LogP contribution in [0, 0.1) is 12.3 Å². The van der Waals surface area contributed by atoms with Crippen LogP contribution in [0.1, 0.15) is 18.1 Å². The number of carboxylic acid groups (broad SMARTS) is 1. The first-order valence-corrected chi connectivity index (χ1v) is 5.12. The number of methoxy groups -OCH3 is 1. The number of pyridine rings is 1. The van der Waals surface area contributed by atoms with Gasteiger partial charge in [-0.2, -0.15) is 0 Å². The number of ether oxygens (including phenoxy) is 1. The number of carbonyl (C=O) groups excluding carboxylic acids is 1. The van der Waals surface area contributed by atoms with E-state index in [2.05, 4.69) is 9.72 Å². The zero-order valence-electron chi connectivity index (χ0n) is 10.1. The molecule has 5 nitrogen and oxygen atoms in total. The Morgan fingerprint density at radius 2 is 2.12 bits per heavy atom. The van der Waals surface area contributed by atoms with E-state index in [0.29, 0.717) is 5.56 Å². The fraction of sp³-hybridized carbons (Fsp3) is 0.417. The van der Waals surface area contributed by atoms with Crippen LogP contribution in [0.15, 0.2) is 18.5 Å². The molecule has 1 aromatic rings. The third-order valence-electron chi connectivity index (χ3n) is 2.60. The average molecular weight is 237 g/mol. The van der Waals surface area contributed by atoms with E-state index in [-0.39, 0.29) is 6.42 Å². The minimum atomic E-state index is -1.58. The van der Waals surface area contributed by atoms with Gasteiger partial charge in [-0.25, -0.2) is 0 Å². The van der Waals surface area contributed by atoms with Crippen LogP contribution in [0.25, 0.3) is 0 Å². The van der Waals surface area contributed by atoms with Gasteiger partial charge in [-0.15, -0.1) is 0 Å². The molecule has 1 heterocycles. The molecule has 1 N–H and O–H groups in total. The number of esters is 1. The van der Waals surface area contributed by atoms with Crippen LogP contribution in [-0.4, -0.2) is 29.1 Å². The lowest BCUT2D eigenvalue weighted by Crippen LogP contribution is -2.39. The molecule has 0 bridgehead atoms. The summed E-state index contributed by atoms with van der Waals surface area (Å²) in [6.45, 7) is 3.20. The van der Waals surface area contributed by atoms with Crippen molar-refractivity contribution in [1.29, 1.82) is 0 Å². The van der Waals surface area contributed by atoms with Gasteiger partial charge in [-0.3, -0.25) is 14.6 Å². The summed E-state index contributed by atoms with van der Waals surface area (Å²) in [5.41, 5.74) is 0.0323. The Morgan fingerprint density at radius 1 is 1.47 bits per heavy atom. The monoisotopic (exact) mass is 237 g/mol. The Labute approximate surface area is 99.4 Å². The number of nitrogens with zero attached hydrogens (tertiary/aromatic N) is 1. The SMILES string of the molecule is COC(=O)C(C)(Cc1cncc(C)c1)C(=O)O. The van der Waals surface area contributed by atoms with Gasteiger partial charge in [-0.05, 0) is 25.0 Å². The fourth-order valence-corrected chi connectivity index (χ4v) is 1.58. The molecule has 0 aliphatic carbocycles. The molecule has 0 amide bonds. The first-order valence-electron chi connectivity index (χ1n) is 5.12. The van der Waals surface area contributed by atoms with E-state index >= 15 is 0 Å². The van der Waals surface area contributed by atoms with Gasteiger partial charge >= 0.3 is 11.9 Å². The van der Waals surface area contributed by atoms with Crippen molar-refractivity contribution in [1.82, 2.24) is 4.98 Å². The van der Waals surface area contributed by atoms with Crippen molar-refractivity contribution in [2.45, 2.75) is 20.3 Å². The number of hydrogen-bond donors (Lipinski definition) is 1. The van der Waals surface area contributed by atoms with Gasteiger partial charge in [-0.1, -0.05) is 6.07 Å². The predicted molar refractivity (Wildman–Crippen MR) is 60.4 cm³/mol. The van der Waals surface area contributed by atoms with Crippen LogP contribution in [0.2, 0.25) is 0 Å². The minimum Gasteiger partial charge on any atom is -0.480 e. The number of carbonyl (C=O) groups is 2. The molecule has 1 atom stereocenters. The molecule has 5 heteroatoms. The highest BCUT2D eigenvalue weighted by molar-refractivity contribution is 5.98. The third-order valence-corrected chi connectivity index (χ3v) is 2.60. The number of hydrogen-bond acceptors (Lipinski definition) is 4. The highest BCUT2D eigenvalue weighted by atomic mass is 16.5. The first kappa shape index (κ1) is 13.2. The predicted octanol–water partition coefficient (Wildman–Crippen LogP) is 1.20. The van der Waals surface area contributed by atoms with Crippen LogP contribution in [-0.2, 0) is 20.7 Å². The van der Waals surface area contributed by atoms with Gasteiger partial charge in [0.1, 0.15) is 0 Å². The van der Waals surface area contributed by atoms with Crippen LogP contribution in [0.3, 0.4) is 0 Å². The second-order valence-corrected chi connectivity index (χ2v) is 4.18. The zero-order chi connectivity index (χ0) is 13.1. The lowest BCUT2D eigenvalue weighted by atomic mass is 9.84. The quantitative estimate of drug-likeness (QED) is 0.629. The van der Waals surface area contributed by atoms with Gasteiger partial charge in [0, 0.05) is 18.8 Å². The molecule has 0 saturated heterocycles. The minimum absolute atomic E-state index is 0.0592. The second kappa shape index (κ2) is 4.95. The van der Waals surface area contributed by atoms with Crippen LogP contribution in [0.4, 0.5) is 0 Å². The molecular formula is C12H15NO4. The van der Waals surface area contributed by atoms with Crippen molar-refractivity contribution in [2.24, 2.45) is 5.41 Å². The lowest BCUT2D eigenvalue weighted by Gasteiger charge is -2.21. The van der Waals surface area contributed by atoms with E-state index in [1.807, 2.05) is 6.92 Å². The van der Waals surface area contributed by atoms with Crippen molar-refractivity contribution < 1.29 is 19.4 Å². The largest absolute Gasteiger partial charge is 0.480 e. The molecule has 1 aromatic heterocycles. The summed E-state index contributed by atoms with van der Waals surface area (Å²) in [4.78, 5) is 26.7. The maximum atomic E-state index is 11.5. The van der Waals surface area contributed by atoms with Crippen molar-refractivity contribution in [3.8, 4) is 0 Å². The van der Waals surface area contributed by atoms with E-state index in [4.69, 9.17) is 5.11 Å². The Balaban J connectivity index is 3.03. The molecule has 0 aromatic carbocycles. The van der Waals surface area contributed by atoms with E-state index < -0.39 is 17.4 Å². The molecule has 0 fully saturated rings. The molecule has 0 aliphatic rings. The fourth-order valence-electron chi connectivity index (χ4n) is 1.58. The first-order chi connectivity index (χ1) is 7.90. The Bertz CT molecular complexity index is 444. The third kappa shape index (κ3) is 2.81. The summed E-state index contributed by atoms with van der Waals surface area (Å²) in [6.07, 6.45) is 3.28. The molecule has 17 heavy (non-hydrogen) atoms. The summed E-state index contributed by atoms with van der Waals surface area (Å²) in [5, 5.41) is 9.14. The molecule has 0 spiro atoms. The molecule has 92 valence electrons. The van der Waals surface area contributed by atoms with E-state index in [9.17, 15) is 9.59 Å². The Hall–Kier alpha value is -1.91. The van der Waals surface area contributed by atoms with Crippen molar-refractivity contribution >= 4 is 11.9 Å². The number of carboxylic acids is 1. The van der Waals surface area contributed by atoms with Crippen molar-refractivity contribution in [3.05, 3.63) is 29.6 Å². The molecule has 0 aliphatic heterocycles. The summed E-state index contributed by atoms with van der Waals surface area (Å²) >= 11 is 0. The number of aliphatic carboxylic acids is 1. The lowest BCUT2D eigenvalue weighted by molar-refractivity contribution is -0.165. The van der Waals surface area contributed by atoms with Gasteiger partial charge < -0.3 is 9.84 Å². The second-order valence-electron chi connectivity index (χ2n) is 4.18. The van der Waals surface area contributed by atoms with Gasteiger partial charge in [0.25, 0.3) is 0 Å². The normalized spacial score (nSPS) is 13.8. The standard InChI is InChI=1S/C12H15NO4/c1-8-4-9(7-13-6-8)5-12(2,10(14)15)11(16)17-3/h4,6-7H,5H2,1-3H3,(H,14,15). The van der Waals surface area contributed by atoms with E-state index in [1.54, 1.807) is 18.5 Å². The summed E-state index contributed by atoms with van der Waals surface area (Å²) < 4.78 is 4.54. The zero-order valence-corrected chi connectivity index (χ0v) is 10.1. The summed E-state index contributed by atoms with van der Waals surface area (Å²) in [7, 11) is 1.18. The maximum absolute atomic E-state index is 11.5. The van der Waals surface area contributed by atoms with Gasteiger partial charge in [0.15, 0.2) is 5.41 Å². The molecule has 0 saturated carbocycles. The number of aromatic nitrogens is 1. The van der Waals surface area contributed by atoms with Crippen LogP contribution >= 0.6 is 0 Å². The van der Waals surface area contributed by atoms with Crippen molar-refractivity contribution in [3.63, 3.8) is 0 Å². The smallest absolute Gasteiger partial charge is 0.323 e. The Kier molecular flexibility index (Phi) is 3.83. The van der Waals surface area contributed by atoms with E-state index in [1.165, 1.54) is 14.0 Å². The number of aryl methyl sites for hydroxylation is 1. The van der Waals surface area contributed by atoms with Crippen molar-refractivity contribution in [2.75, 3.05) is 7.11 Å². The van der Waals surface area contributed by atoms with Gasteiger partial charge in [0.2, 0.25) is 0 Å². The summed E-state index contributed by atoms with van der Waals surface area (Å²) in [6, 6.07) is 1.80. The van der Waals surface area contributed by atoms with E-state index in [0.717, 1.165) is 5.56 Å². The molecular weight excluding hydrogens is 222 g/mol. The maximum Gasteiger partial charge on any atom is 0.323 e. The highest BCUT2D eigenvalue weighted by Crippen LogP contribution is 2.24. The molecule has 0 radical (unpaired) electrons. The van der Waals surface area contributed by atoms with Crippen LogP contribution in [0.5, 0.6) is 0 Å². The summed E-state index contributed by atoms with van der Waals surface area (Å²) in [5.74, 6) is -1.96.